The largest absolute Gasteiger partial charge is 0.495 e. The van der Waals surface area contributed by atoms with Crippen molar-refractivity contribution in [3.8, 4) is 17.5 Å². The minimum Gasteiger partial charge on any atom is -0.495 e. The van der Waals surface area contributed by atoms with Crippen molar-refractivity contribution in [1.82, 2.24) is 4.57 Å². The summed E-state index contributed by atoms with van der Waals surface area (Å²) in [5.41, 5.74) is 2.25. The lowest BCUT2D eigenvalue weighted by Crippen LogP contribution is -2.14. The van der Waals surface area contributed by atoms with Gasteiger partial charge in [0.15, 0.2) is 0 Å². The fourth-order valence-electron chi connectivity index (χ4n) is 3.50. The number of hydrogen-bond donors (Lipinski definition) is 2. The van der Waals surface area contributed by atoms with E-state index >= 15 is 0 Å². The van der Waals surface area contributed by atoms with Crippen LogP contribution in [0.3, 0.4) is 0 Å². The average molecular weight is 460 g/mol. The van der Waals surface area contributed by atoms with Crippen LogP contribution in [0.2, 0.25) is 0 Å². The lowest BCUT2D eigenvalue weighted by atomic mass is 10.1. The van der Waals surface area contributed by atoms with Gasteiger partial charge in [-0.3, -0.25) is 14.9 Å². The number of carbonyl (C=O) groups excluding carboxylic acids is 1. The molecule has 2 N–H and O–H groups in total. The molecule has 0 bridgehead atoms. The molecular weight excluding hydrogens is 440 g/mol. The van der Waals surface area contributed by atoms with Crippen molar-refractivity contribution in [3.05, 3.63) is 86.7 Å². The number of hydrogen-bond acceptors (Lipinski definition) is 6. The number of ether oxygens (including phenoxy) is 1. The van der Waals surface area contributed by atoms with Gasteiger partial charge in [0.1, 0.15) is 17.4 Å². The van der Waals surface area contributed by atoms with Crippen LogP contribution in [0.4, 0.5) is 11.4 Å². The zero-order chi connectivity index (χ0) is 25.0. The molecule has 10 heteroatoms. The molecule has 1 heterocycles. The fraction of sp³-hybridized carbons (Fsp3) is 0.125. The topological polar surface area (TPSA) is 147 Å². The maximum absolute atomic E-state index is 12.7. The Morgan fingerprint density at radius 1 is 1.21 bits per heavy atom. The molecule has 1 aromatic heterocycles. The van der Waals surface area contributed by atoms with Crippen molar-refractivity contribution in [2.75, 3.05) is 12.4 Å². The van der Waals surface area contributed by atoms with Crippen LogP contribution in [0.15, 0.2) is 54.1 Å². The van der Waals surface area contributed by atoms with Gasteiger partial charge in [0.2, 0.25) is 0 Å². The van der Waals surface area contributed by atoms with Gasteiger partial charge in [0.25, 0.3) is 11.6 Å². The number of carboxylic acid groups (broad SMARTS) is 1. The second-order valence-corrected chi connectivity index (χ2v) is 7.29. The number of benzene rings is 2. The van der Waals surface area contributed by atoms with Crippen LogP contribution in [0.5, 0.6) is 5.75 Å². The first-order valence-electron chi connectivity index (χ1n) is 9.94. The highest BCUT2D eigenvalue weighted by Gasteiger charge is 2.19. The first kappa shape index (κ1) is 23.7. The Kier molecular flexibility index (Phi) is 6.78. The number of nitrogens with one attached hydrogen (secondary N) is 1. The van der Waals surface area contributed by atoms with E-state index in [4.69, 9.17) is 9.84 Å². The Bertz CT molecular complexity index is 1380. The van der Waals surface area contributed by atoms with Crippen LogP contribution in [0.25, 0.3) is 11.8 Å². The molecule has 0 aliphatic carbocycles. The number of methoxy groups -OCH3 is 1. The monoisotopic (exact) mass is 460 g/mol. The summed E-state index contributed by atoms with van der Waals surface area (Å²) in [7, 11) is 1.46. The van der Waals surface area contributed by atoms with E-state index in [1.807, 2.05) is 6.07 Å². The lowest BCUT2D eigenvalue weighted by molar-refractivity contribution is -0.384. The quantitative estimate of drug-likeness (QED) is 0.232. The molecule has 0 unspecified atom stereocenters. The summed E-state index contributed by atoms with van der Waals surface area (Å²) < 4.78 is 7.11. The SMILES string of the molecule is COc1ccc([N+](=O)[O-])cc1-n1c(C)cc(/C=C(/C#N)C(=O)Nc2cccc(C(=O)O)c2)c1C. The summed E-state index contributed by atoms with van der Waals surface area (Å²) in [4.78, 5) is 34.6. The number of non-ortho nitro benzene ring substituents is 1. The second-order valence-electron chi connectivity index (χ2n) is 7.29. The molecule has 172 valence electrons. The molecule has 1 amide bonds. The van der Waals surface area contributed by atoms with Gasteiger partial charge in [0.05, 0.1) is 23.3 Å². The highest BCUT2D eigenvalue weighted by Crippen LogP contribution is 2.32. The van der Waals surface area contributed by atoms with Gasteiger partial charge >= 0.3 is 5.97 Å². The molecule has 34 heavy (non-hydrogen) atoms. The molecule has 0 radical (unpaired) electrons. The Morgan fingerprint density at radius 3 is 2.56 bits per heavy atom. The van der Waals surface area contributed by atoms with Crippen LogP contribution in [0.1, 0.15) is 27.3 Å². The number of aromatic nitrogens is 1. The molecule has 0 aliphatic heterocycles. The van der Waals surface area contributed by atoms with Crippen molar-refractivity contribution < 1.29 is 24.4 Å². The van der Waals surface area contributed by atoms with E-state index in [9.17, 15) is 25.0 Å². The van der Waals surface area contributed by atoms with E-state index in [0.717, 1.165) is 0 Å². The number of nitrogens with zero attached hydrogens (tertiary/aromatic N) is 3. The molecule has 0 saturated heterocycles. The van der Waals surface area contributed by atoms with Crippen molar-refractivity contribution in [1.29, 1.82) is 5.26 Å². The molecule has 0 spiro atoms. The van der Waals surface area contributed by atoms with Gasteiger partial charge in [-0.15, -0.1) is 0 Å². The Morgan fingerprint density at radius 2 is 1.94 bits per heavy atom. The van der Waals surface area contributed by atoms with Crippen LogP contribution in [-0.4, -0.2) is 33.6 Å². The van der Waals surface area contributed by atoms with Crippen LogP contribution < -0.4 is 10.1 Å². The maximum atomic E-state index is 12.7. The molecule has 10 nitrogen and oxygen atoms in total. The number of aromatic carboxylic acids is 1. The number of carbonyl (C=O) groups is 2. The maximum Gasteiger partial charge on any atom is 0.335 e. The number of nitro groups is 1. The summed E-state index contributed by atoms with van der Waals surface area (Å²) in [6.45, 7) is 3.53. The Balaban J connectivity index is 2.00. The van der Waals surface area contributed by atoms with Crippen LogP contribution >= 0.6 is 0 Å². The summed E-state index contributed by atoms with van der Waals surface area (Å²) >= 11 is 0. The number of rotatable bonds is 7. The fourth-order valence-corrected chi connectivity index (χ4v) is 3.50. The summed E-state index contributed by atoms with van der Waals surface area (Å²) in [6, 6.07) is 13.5. The van der Waals surface area contributed by atoms with Gasteiger partial charge in [-0.25, -0.2) is 4.79 Å². The molecule has 2 aromatic carbocycles. The highest BCUT2D eigenvalue weighted by molar-refractivity contribution is 6.10. The van der Waals surface area contributed by atoms with E-state index in [0.29, 0.717) is 28.4 Å². The molecule has 0 aliphatic rings. The average Bonchev–Trinajstić information content (AvgIpc) is 3.09. The smallest absolute Gasteiger partial charge is 0.335 e. The van der Waals surface area contributed by atoms with Gasteiger partial charge in [-0.2, -0.15) is 5.26 Å². The van der Waals surface area contributed by atoms with Gasteiger partial charge < -0.3 is 19.7 Å². The van der Waals surface area contributed by atoms with Crippen molar-refractivity contribution in [2.24, 2.45) is 0 Å². The number of aryl methyl sites for hydroxylation is 1. The summed E-state index contributed by atoms with van der Waals surface area (Å²) in [5.74, 6) is -1.43. The van der Waals surface area contributed by atoms with Gasteiger partial charge in [-0.05, 0) is 55.8 Å². The van der Waals surface area contributed by atoms with E-state index in [-0.39, 0.29) is 22.5 Å². The summed E-state index contributed by atoms with van der Waals surface area (Å²) in [6.07, 6.45) is 1.40. The minimum absolute atomic E-state index is 0.00488. The Labute approximate surface area is 194 Å². The third-order valence-corrected chi connectivity index (χ3v) is 5.12. The molecule has 0 atom stereocenters. The number of carboxylic acids is 1. The zero-order valence-corrected chi connectivity index (χ0v) is 18.5. The summed E-state index contributed by atoms with van der Waals surface area (Å²) in [5, 5.41) is 32.5. The first-order valence-corrected chi connectivity index (χ1v) is 9.94. The highest BCUT2D eigenvalue weighted by atomic mass is 16.6. The van der Waals surface area contributed by atoms with E-state index in [1.54, 1.807) is 24.5 Å². The zero-order valence-electron chi connectivity index (χ0n) is 18.5. The minimum atomic E-state index is -1.14. The van der Waals surface area contributed by atoms with Crippen molar-refractivity contribution in [2.45, 2.75) is 13.8 Å². The lowest BCUT2D eigenvalue weighted by Gasteiger charge is -2.14. The number of nitro benzene ring substituents is 1. The normalized spacial score (nSPS) is 10.9. The third kappa shape index (κ3) is 4.78. The van der Waals surface area contributed by atoms with Gasteiger partial charge in [-0.1, -0.05) is 6.07 Å². The number of anilines is 1. The number of amides is 1. The molecule has 0 fully saturated rings. The Hall–Kier alpha value is -4.91. The van der Waals surface area contributed by atoms with E-state index in [1.165, 1.54) is 55.7 Å². The molecule has 3 aromatic rings. The first-order chi connectivity index (χ1) is 16.2. The van der Waals surface area contributed by atoms with Crippen molar-refractivity contribution >= 4 is 29.3 Å². The predicted octanol–water partition coefficient (Wildman–Crippen LogP) is 4.25. The van der Waals surface area contributed by atoms with Gasteiger partial charge in [0, 0.05) is 29.2 Å². The predicted molar refractivity (Wildman–Crippen MR) is 124 cm³/mol. The van der Waals surface area contributed by atoms with Crippen LogP contribution in [-0.2, 0) is 4.79 Å². The second kappa shape index (κ2) is 9.70. The van der Waals surface area contributed by atoms with Crippen molar-refractivity contribution in [3.63, 3.8) is 0 Å². The van der Waals surface area contributed by atoms with Crippen LogP contribution in [0, 0.1) is 35.3 Å². The number of nitriles is 1. The van der Waals surface area contributed by atoms with E-state index < -0.39 is 16.8 Å². The standard InChI is InChI=1S/C24H20N4O6/c1-14-9-17(15(2)27(14)21-12-20(28(32)33)7-8-22(21)34-3)10-18(13-25)23(29)26-19-6-4-5-16(11-19)24(30)31/h4-12H,1-3H3,(H,26,29)(H,30,31)/b18-10-. The molecular formula is C24H20N4O6. The molecule has 0 saturated carbocycles. The molecule has 3 rings (SSSR count). The van der Waals surface area contributed by atoms with E-state index in [2.05, 4.69) is 5.32 Å². The third-order valence-electron chi connectivity index (χ3n) is 5.12.